The van der Waals surface area contributed by atoms with Crippen LogP contribution in [0.3, 0.4) is 0 Å². The van der Waals surface area contributed by atoms with E-state index in [1.165, 1.54) is 12.1 Å². The minimum atomic E-state index is -4.56. The fourth-order valence-corrected chi connectivity index (χ4v) is 1.41. The van der Waals surface area contributed by atoms with Gasteiger partial charge in [0.2, 0.25) is 5.91 Å². The zero-order valence-electron chi connectivity index (χ0n) is 10.2. The molecular weight excluding hydrogens is 267 g/mol. The van der Waals surface area contributed by atoms with Gasteiger partial charge in [-0.1, -0.05) is 38.4 Å². The Bertz CT molecular complexity index is 463. The lowest BCUT2D eigenvalue weighted by Crippen LogP contribution is -2.29. The number of nitrogens with one attached hydrogen (secondary N) is 1. The lowest BCUT2D eigenvalue weighted by molar-refractivity contribution is -0.137. The SMILES string of the molecule is CC(C)(C)C(=O)Nc1c(Cl)cccc1C(F)(F)F. The number of hydrogen-bond acceptors (Lipinski definition) is 1. The van der Waals surface area contributed by atoms with Crippen LogP contribution in [0.2, 0.25) is 5.02 Å². The predicted molar refractivity (Wildman–Crippen MR) is 64.5 cm³/mol. The quantitative estimate of drug-likeness (QED) is 0.814. The molecule has 1 aromatic rings. The van der Waals surface area contributed by atoms with Gasteiger partial charge in [0.1, 0.15) is 0 Å². The summed E-state index contributed by atoms with van der Waals surface area (Å²) >= 11 is 5.71. The van der Waals surface area contributed by atoms with Crippen molar-refractivity contribution in [3.63, 3.8) is 0 Å². The highest BCUT2D eigenvalue weighted by Gasteiger charge is 2.35. The number of para-hydroxylation sites is 1. The third-order valence-corrected chi connectivity index (χ3v) is 2.55. The van der Waals surface area contributed by atoms with Crippen LogP contribution in [0.25, 0.3) is 0 Å². The normalized spacial score (nSPS) is 12.4. The van der Waals surface area contributed by atoms with Crippen molar-refractivity contribution >= 4 is 23.2 Å². The van der Waals surface area contributed by atoms with E-state index < -0.39 is 28.7 Å². The van der Waals surface area contributed by atoms with Gasteiger partial charge in [0, 0.05) is 5.41 Å². The zero-order chi connectivity index (χ0) is 14.1. The average molecular weight is 280 g/mol. The van der Waals surface area contributed by atoms with Gasteiger partial charge in [-0.3, -0.25) is 4.79 Å². The third kappa shape index (κ3) is 3.38. The molecule has 100 valence electrons. The second kappa shape index (κ2) is 4.80. The fraction of sp³-hybridized carbons (Fsp3) is 0.417. The maximum absolute atomic E-state index is 12.8. The Morgan fingerprint density at radius 1 is 1.22 bits per heavy atom. The summed E-state index contributed by atoms with van der Waals surface area (Å²) in [5.74, 6) is -0.527. The molecule has 6 heteroatoms. The first kappa shape index (κ1) is 14.8. The van der Waals surface area contributed by atoms with Crippen molar-refractivity contribution < 1.29 is 18.0 Å². The van der Waals surface area contributed by atoms with Crippen molar-refractivity contribution in [3.8, 4) is 0 Å². The van der Waals surface area contributed by atoms with Crippen LogP contribution in [0, 0.1) is 5.41 Å². The monoisotopic (exact) mass is 279 g/mol. The Hall–Kier alpha value is -1.23. The van der Waals surface area contributed by atoms with E-state index >= 15 is 0 Å². The van der Waals surface area contributed by atoms with E-state index in [1.807, 2.05) is 0 Å². The summed E-state index contributed by atoms with van der Waals surface area (Å²) in [5, 5.41) is 2.10. The summed E-state index contributed by atoms with van der Waals surface area (Å²) in [6.07, 6.45) is -4.56. The average Bonchev–Trinajstić information content (AvgIpc) is 2.17. The molecule has 0 radical (unpaired) electrons. The second-order valence-electron chi connectivity index (χ2n) is 4.86. The van der Waals surface area contributed by atoms with E-state index in [0.717, 1.165) is 6.07 Å². The van der Waals surface area contributed by atoms with Gasteiger partial charge >= 0.3 is 6.18 Å². The standard InChI is InChI=1S/C12H13ClF3NO/c1-11(2,3)10(18)17-9-7(12(14,15)16)5-4-6-8(9)13/h4-6H,1-3H3,(H,17,18). The first-order valence-electron chi connectivity index (χ1n) is 5.20. The molecule has 0 aromatic heterocycles. The largest absolute Gasteiger partial charge is 0.418 e. The maximum atomic E-state index is 12.8. The van der Waals surface area contributed by atoms with Crippen molar-refractivity contribution in [1.29, 1.82) is 0 Å². The molecule has 0 saturated heterocycles. The molecule has 0 heterocycles. The molecule has 1 aromatic carbocycles. The summed E-state index contributed by atoms with van der Waals surface area (Å²) in [5.41, 5.74) is -2.15. The number of carbonyl (C=O) groups excluding carboxylic acids is 1. The van der Waals surface area contributed by atoms with Gasteiger partial charge in [0.15, 0.2) is 0 Å². The molecule has 0 aliphatic carbocycles. The first-order valence-corrected chi connectivity index (χ1v) is 5.58. The maximum Gasteiger partial charge on any atom is 0.418 e. The topological polar surface area (TPSA) is 29.1 Å². The number of hydrogen-bond donors (Lipinski definition) is 1. The number of halogens is 4. The van der Waals surface area contributed by atoms with Gasteiger partial charge in [-0.25, -0.2) is 0 Å². The Labute approximate surface area is 108 Å². The van der Waals surface area contributed by atoms with Crippen molar-refractivity contribution in [2.24, 2.45) is 5.41 Å². The number of amides is 1. The number of rotatable bonds is 1. The number of anilines is 1. The lowest BCUT2D eigenvalue weighted by atomic mass is 9.95. The molecule has 0 atom stereocenters. The highest BCUT2D eigenvalue weighted by atomic mass is 35.5. The molecule has 0 fully saturated rings. The number of alkyl halides is 3. The molecule has 1 rings (SSSR count). The molecule has 0 unspecified atom stereocenters. The van der Waals surface area contributed by atoms with E-state index in [9.17, 15) is 18.0 Å². The first-order chi connectivity index (χ1) is 8.03. The minimum absolute atomic E-state index is 0.137. The zero-order valence-corrected chi connectivity index (χ0v) is 10.9. The Kier molecular flexibility index (Phi) is 3.96. The van der Waals surface area contributed by atoms with Crippen LogP contribution >= 0.6 is 11.6 Å². The molecule has 0 aliphatic rings. The highest BCUT2D eigenvalue weighted by molar-refractivity contribution is 6.34. The van der Waals surface area contributed by atoms with Gasteiger partial charge in [-0.2, -0.15) is 13.2 Å². The van der Waals surface area contributed by atoms with Crippen LogP contribution in [-0.4, -0.2) is 5.91 Å². The van der Waals surface area contributed by atoms with Gasteiger partial charge in [0.25, 0.3) is 0 Å². The second-order valence-corrected chi connectivity index (χ2v) is 5.27. The van der Waals surface area contributed by atoms with Crippen LogP contribution in [0.5, 0.6) is 0 Å². The van der Waals surface area contributed by atoms with Crippen molar-refractivity contribution in [2.75, 3.05) is 5.32 Å². The Morgan fingerprint density at radius 3 is 2.22 bits per heavy atom. The van der Waals surface area contributed by atoms with Crippen LogP contribution in [0.1, 0.15) is 26.3 Å². The summed E-state index contributed by atoms with van der Waals surface area (Å²) < 4.78 is 38.3. The molecular formula is C12H13ClF3NO. The van der Waals surface area contributed by atoms with Crippen LogP contribution < -0.4 is 5.32 Å². The number of benzene rings is 1. The molecule has 0 aliphatic heterocycles. The molecule has 0 bridgehead atoms. The highest BCUT2D eigenvalue weighted by Crippen LogP contribution is 2.39. The van der Waals surface area contributed by atoms with Crippen molar-refractivity contribution in [1.82, 2.24) is 0 Å². The summed E-state index contributed by atoms with van der Waals surface area (Å²) in [6.45, 7) is 4.81. The fourth-order valence-electron chi connectivity index (χ4n) is 1.19. The molecule has 0 saturated carbocycles. The van der Waals surface area contributed by atoms with Crippen LogP contribution in [0.15, 0.2) is 18.2 Å². The van der Waals surface area contributed by atoms with E-state index in [-0.39, 0.29) is 5.02 Å². The number of carbonyl (C=O) groups is 1. The van der Waals surface area contributed by atoms with Crippen LogP contribution in [0.4, 0.5) is 18.9 Å². The third-order valence-electron chi connectivity index (χ3n) is 2.24. The molecule has 1 N–H and O–H groups in total. The van der Waals surface area contributed by atoms with Gasteiger partial charge in [-0.15, -0.1) is 0 Å². The molecule has 1 amide bonds. The van der Waals surface area contributed by atoms with E-state index in [2.05, 4.69) is 5.32 Å². The Morgan fingerprint density at radius 2 is 1.78 bits per heavy atom. The van der Waals surface area contributed by atoms with Crippen molar-refractivity contribution in [3.05, 3.63) is 28.8 Å². The Balaban J connectivity index is 3.20. The predicted octanol–water partition coefficient (Wildman–Crippen LogP) is 4.34. The molecule has 18 heavy (non-hydrogen) atoms. The van der Waals surface area contributed by atoms with Gasteiger partial charge in [0.05, 0.1) is 16.3 Å². The summed E-state index contributed by atoms with van der Waals surface area (Å²) in [6, 6.07) is 3.37. The lowest BCUT2D eigenvalue weighted by Gasteiger charge is -2.21. The summed E-state index contributed by atoms with van der Waals surface area (Å²) in [7, 11) is 0. The summed E-state index contributed by atoms with van der Waals surface area (Å²) in [4.78, 5) is 11.7. The van der Waals surface area contributed by atoms with E-state index in [1.54, 1.807) is 20.8 Å². The van der Waals surface area contributed by atoms with Gasteiger partial charge < -0.3 is 5.32 Å². The molecule has 0 spiro atoms. The molecule has 2 nitrogen and oxygen atoms in total. The van der Waals surface area contributed by atoms with Crippen molar-refractivity contribution in [2.45, 2.75) is 26.9 Å². The van der Waals surface area contributed by atoms with Gasteiger partial charge in [-0.05, 0) is 12.1 Å². The minimum Gasteiger partial charge on any atom is -0.324 e. The van der Waals surface area contributed by atoms with E-state index in [0.29, 0.717) is 0 Å². The smallest absolute Gasteiger partial charge is 0.324 e. The van der Waals surface area contributed by atoms with Crippen LogP contribution in [-0.2, 0) is 11.0 Å². The van der Waals surface area contributed by atoms with E-state index in [4.69, 9.17) is 11.6 Å².